The summed E-state index contributed by atoms with van der Waals surface area (Å²) in [6.45, 7) is 7.11. The van der Waals surface area contributed by atoms with Gasteiger partial charge in [0.1, 0.15) is 4.83 Å². The molecular formula is C24H28N8O2S. The molecule has 0 bridgehead atoms. The van der Waals surface area contributed by atoms with E-state index in [0.717, 1.165) is 53.5 Å². The number of aryl methyl sites for hydroxylation is 1. The number of nitrogens with zero attached hydrogens (tertiary/aromatic N) is 6. The van der Waals surface area contributed by atoms with E-state index in [-0.39, 0.29) is 11.6 Å². The van der Waals surface area contributed by atoms with Crippen LogP contribution in [0, 0.1) is 6.92 Å². The van der Waals surface area contributed by atoms with E-state index in [0.29, 0.717) is 5.95 Å². The first kappa shape index (κ1) is 23.1. The maximum Gasteiger partial charge on any atom is 0.271 e. The summed E-state index contributed by atoms with van der Waals surface area (Å²) < 4.78 is 0. The van der Waals surface area contributed by atoms with Crippen molar-refractivity contribution in [1.29, 1.82) is 0 Å². The normalized spacial score (nSPS) is 17.4. The molecule has 0 spiro atoms. The summed E-state index contributed by atoms with van der Waals surface area (Å²) in [5.41, 5.74) is 10.4. The van der Waals surface area contributed by atoms with Crippen LogP contribution in [-0.4, -0.2) is 69.0 Å². The third kappa shape index (κ3) is 4.92. The number of aromatic nitrogens is 2. The van der Waals surface area contributed by atoms with Crippen LogP contribution in [0.3, 0.4) is 0 Å². The molecule has 1 amide bonds. The fourth-order valence-electron chi connectivity index (χ4n) is 4.18. The molecular weight excluding hydrogens is 464 g/mol. The smallest absolute Gasteiger partial charge is 0.271 e. The van der Waals surface area contributed by atoms with Gasteiger partial charge in [0.05, 0.1) is 0 Å². The van der Waals surface area contributed by atoms with Gasteiger partial charge in [0.15, 0.2) is 5.70 Å². The van der Waals surface area contributed by atoms with E-state index >= 15 is 0 Å². The zero-order valence-corrected chi connectivity index (χ0v) is 20.5. The molecule has 2 aliphatic rings. The molecule has 1 fully saturated rings. The van der Waals surface area contributed by atoms with Gasteiger partial charge in [-0.05, 0) is 37.7 Å². The molecule has 1 saturated heterocycles. The minimum atomic E-state index is -0.759. The average molecular weight is 493 g/mol. The Balaban J connectivity index is 1.32. The van der Waals surface area contributed by atoms with Crippen LogP contribution in [0.4, 0.5) is 11.6 Å². The summed E-state index contributed by atoms with van der Waals surface area (Å²) in [6.07, 6.45) is 4.97. The predicted octanol–water partition coefficient (Wildman–Crippen LogP) is 2.58. The van der Waals surface area contributed by atoms with Crippen LogP contribution >= 0.6 is 11.3 Å². The molecule has 0 radical (unpaired) electrons. The maximum atomic E-state index is 12.3. The van der Waals surface area contributed by atoms with Gasteiger partial charge in [0, 0.05) is 67.3 Å². The number of carbonyl (C=O) groups excluding carboxylic acids is 1. The van der Waals surface area contributed by atoms with E-state index in [2.05, 4.69) is 32.2 Å². The number of benzene rings is 1. The molecule has 2 aromatic heterocycles. The van der Waals surface area contributed by atoms with Gasteiger partial charge in [-0.15, -0.1) is 11.3 Å². The number of primary amides is 1. The number of likely N-dealkylation sites (N-methyl/N-ethyl adjacent to an activating group) is 1. The van der Waals surface area contributed by atoms with Crippen molar-refractivity contribution in [3.05, 3.63) is 70.9 Å². The van der Waals surface area contributed by atoms with Gasteiger partial charge in [-0.25, -0.2) is 15.0 Å². The van der Waals surface area contributed by atoms with Crippen LogP contribution in [-0.2, 0) is 11.3 Å². The number of piperazine rings is 1. The molecule has 182 valence electrons. The molecule has 0 atom stereocenters. The van der Waals surface area contributed by atoms with Crippen LogP contribution in [0.25, 0.3) is 10.2 Å². The Morgan fingerprint density at radius 2 is 1.91 bits per heavy atom. The number of aliphatic hydroxyl groups excluding tert-OH is 1. The van der Waals surface area contributed by atoms with Crippen molar-refractivity contribution < 1.29 is 9.90 Å². The highest BCUT2D eigenvalue weighted by atomic mass is 32.1. The summed E-state index contributed by atoms with van der Waals surface area (Å²) in [7, 11) is 2.14. The van der Waals surface area contributed by atoms with Crippen molar-refractivity contribution in [2.24, 2.45) is 5.73 Å². The highest BCUT2D eigenvalue weighted by Crippen LogP contribution is 2.28. The lowest BCUT2D eigenvalue weighted by Crippen LogP contribution is -2.43. The molecule has 4 heterocycles. The summed E-state index contributed by atoms with van der Waals surface area (Å²) >= 11 is 1.55. The molecule has 35 heavy (non-hydrogen) atoms. The molecule has 0 unspecified atom stereocenters. The van der Waals surface area contributed by atoms with Gasteiger partial charge >= 0.3 is 0 Å². The zero-order valence-electron chi connectivity index (χ0n) is 19.7. The van der Waals surface area contributed by atoms with Crippen molar-refractivity contribution >= 4 is 39.1 Å². The van der Waals surface area contributed by atoms with Crippen molar-refractivity contribution in [3.63, 3.8) is 0 Å². The second-order valence-electron chi connectivity index (χ2n) is 8.74. The average Bonchev–Trinajstić information content (AvgIpc) is 3.21. The number of hydrogen-bond donors (Lipinski definition) is 3. The summed E-state index contributed by atoms with van der Waals surface area (Å²) in [4.78, 5) is 29.4. The Labute approximate surface area is 207 Å². The predicted molar refractivity (Wildman–Crippen MR) is 137 cm³/mol. The topological polar surface area (TPSA) is 114 Å². The fraction of sp³-hybridized carbons (Fsp3) is 0.292. The Kier molecular flexibility index (Phi) is 6.29. The second-order valence-corrected chi connectivity index (χ2v) is 9.98. The quantitative estimate of drug-likeness (QED) is 0.478. The number of aliphatic hydroxyl groups is 1. The van der Waals surface area contributed by atoms with Gasteiger partial charge in [-0.3, -0.25) is 15.1 Å². The molecule has 1 aromatic carbocycles. The number of hydrazine groups is 1. The van der Waals surface area contributed by atoms with Crippen LogP contribution in [0.2, 0.25) is 0 Å². The number of carbonyl (C=O) groups is 1. The first-order valence-electron chi connectivity index (χ1n) is 11.4. The van der Waals surface area contributed by atoms with E-state index < -0.39 is 5.91 Å². The molecule has 11 heteroatoms. The Bertz CT molecular complexity index is 1290. The van der Waals surface area contributed by atoms with Crippen LogP contribution in [0.5, 0.6) is 0 Å². The highest BCUT2D eigenvalue weighted by Gasteiger charge is 2.28. The zero-order chi connectivity index (χ0) is 24.5. The largest absolute Gasteiger partial charge is 0.492 e. The van der Waals surface area contributed by atoms with E-state index in [9.17, 15) is 9.90 Å². The fourth-order valence-corrected chi connectivity index (χ4v) is 5.03. The third-order valence-corrected chi connectivity index (χ3v) is 7.07. The molecule has 5 rings (SSSR count). The van der Waals surface area contributed by atoms with Crippen molar-refractivity contribution in [2.45, 2.75) is 13.5 Å². The van der Waals surface area contributed by atoms with Crippen LogP contribution in [0.1, 0.15) is 10.4 Å². The number of anilines is 2. The summed E-state index contributed by atoms with van der Waals surface area (Å²) in [5.74, 6) is -0.806. The van der Waals surface area contributed by atoms with Gasteiger partial charge in [0.25, 0.3) is 5.91 Å². The van der Waals surface area contributed by atoms with Gasteiger partial charge in [0.2, 0.25) is 11.8 Å². The van der Waals surface area contributed by atoms with Crippen molar-refractivity contribution in [2.75, 3.05) is 43.6 Å². The second kappa shape index (κ2) is 9.53. The highest BCUT2D eigenvalue weighted by molar-refractivity contribution is 7.18. The Morgan fingerprint density at radius 3 is 2.63 bits per heavy atom. The molecule has 3 aromatic rings. The first-order valence-corrected chi connectivity index (χ1v) is 12.2. The molecule has 10 nitrogen and oxygen atoms in total. The number of nitrogens with two attached hydrogens (primary N) is 1. The number of thiophene rings is 1. The van der Waals surface area contributed by atoms with Crippen LogP contribution in [0.15, 0.2) is 60.5 Å². The minimum absolute atomic E-state index is 0.0557. The van der Waals surface area contributed by atoms with E-state index in [1.54, 1.807) is 34.8 Å². The molecule has 0 saturated carbocycles. The summed E-state index contributed by atoms with van der Waals surface area (Å²) in [6, 6.07) is 9.93. The molecule has 2 aliphatic heterocycles. The first-order chi connectivity index (χ1) is 16.9. The molecule has 0 aliphatic carbocycles. The van der Waals surface area contributed by atoms with Crippen LogP contribution < -0.4 is 16.1 Å². The lowest BCUT2D eigenvalue weighted by atomic mass is 10.1. The lowest BCUT2D eigenvalue weighted by Gasteiger charge is -2.33. The number of nitrogens with one attached hydrogen (secondary N) is 1. The Morgan fingerprint density at radius 1 is 1.17 bits per heavy atom. The van der Waals surface area contributed by atoms with Gasteiger partial charge < -0.3 is 20.6 Å². The van der Waals surface area contributed by atoms with Crippen molar-refractivity contribution in [1.82, 2.24) is 24.8 Å². The van der Waals surface area contributed by atoms with E-state index in [4.69, 9.17) is 5.73 Å². The standard InChI is InChI=1S/C24H28N8O2S/c1-16-13-18-14-26-24(27-22(18)35-16)28-32-12-11-31(20(21(25)33)23(32)34)19-5-3-17(4-6-19)15-30-9-7-29(2)8-10-30/h3-6,11-14,34H,7-10,15H2,1-2H3,(H2,25,33)(H,26,27,28). The molecule has 4 N–H and O–H groups in total. The monoisotopic (exact) mass is 492 g/mol. The van der Waals surface area contributed by atoms with Gasteiger partial charge in [-0.2, -0.15) is 0 Å². The minimum Gasteiger partial charge on any atom is -0.492 e. The summed E-state index contributed by atoms with van der Waals surface area (Å²) in [5, 5.41) is 13.1. The number of rotatable bonds is 6. The number of fused-ring (bicyclic) bond motifs is 1. The lowest BCUT2D eigenvalue weighted by molar-refractivity contribution is -0.114. The van der Waals surface area contributed by atoms with Crippen molar-refractivity contribution in [3.8, 4) is 0 Å². The SMILES string of the molecule is Cc1cc2cnc(NN3C=CN(c4ccc(CN5CCN(C)CC5)cc4)C(C(N)=O)=C3O)nc2s1. The van der Waals surface area contributed by atoms with Gasteiger partial charge in [-0.1, -0.05) is 12.1 Å². The number of amides is 1. The van der Waals surface area contributed by atoms with E-state index in [1.807, 2.05) is 37.3 Å². The Hall–Kier alpha value is -3.67. The maximum absolute atomic E-state index is 12.3. The number of hydrogen-bond acceptors (Lipinski definition) is 10. The van der Waals surface area contributed by atoms with E-state index in [1.165, 1.54) is 10.6 Å². The third-order valence-electron chi connectivity index (χ3n) is 6.11.